The summed E-state index contributed by atoms with van der Waals surface area (Å²) in [7, 11) is 0. The van der Waals surface area contributed by atoms with E-state index in [1.165, 1.54) is 6.42 Å². The zero-order chi connectivity index (χ0) is 7.11. The molecule has 0 bridgehead atoms. The summed E-state index contributed by atoms with van der Waals surface area (Å²) >= 11 is 0. The van der Waals surface area contributed by atoms with Crippen LogP contribution in [0.4, 0.5) is 4.39 Å². The number of alkyl halides is 1. The molecule has 0 unspecified atom stereocenters. The smallest absolute Gasteiger partial charge is 0.100 e. The van der Waals surface area contributed by atoms with Crippen LogP contribution in [0.2, 0.25) is 0 Å². The van der Waals surface area contributed by atoms with Crippen molar-refractivity contribution in [3.63, 3.8) is 0 Å². The quantitative estimate of drug-likeness (QED) is 0.474. The van der Waals surface area contributed by atoms with E-state index in [1.807, 2.05) is 13.8 Å². The van der Waals surface area contributed by atoms with E-state index >= 15 is 0 Å². The average molecular weight is 132 g/mol. The Kier molecular flexibility index (Phi) is 6.01. The topological polar surface area (TPSA) is 0 Å². The molecule has 0 atom stereocenters. The molecule has 0 N–H and O–H groups in total. The second-order valence-electron chi connectivity index (χ2n) is 2.24. The SMILES string of the molecule is CC.FC1CCCCC1. The molecule has 0 aromatic carbocycles. The van der Waals surface area contributed by atoms with Gasteiger partial charge in [-0.1, -0.05) is 33.1 Å². The van der Waals surface area contributed by atoms with Crippen molar-refractivity contribution in [2.45, 2.75) is 52.1 Å². The van der Waals surface area contributed by atoms with E-state index in [-0.39, 0.29) is 0 Å². The van der Waals surface area contributed by atoms with Crippen molar-refractivity contribution in [1.29, 1.82) is 0 Å². The molecule has 0 amide bonds. The first-order valence-electron chi connectivity index (χ1n) is 4.03. The fourth-order valence-electron chi connectivity index (χ4n) is 1.05. The molecule has 1 rings (SSSR count). The minimum Gasteiger partial charge on any atom is -0.247 e. The third kappa shape index (κ3) is 4.43. The zero-order valence-electron chi connectivity index (χ0n) is 6.49. The zero-order valence-corrected chi connectivity index (χ0v) is 6.49. The summed E-state index contributed by atoms with van der Waals surface area (Å²) in [6.07, 6.45) is 4.65. The minimum absolute atomic E-state index is 0.464. The average Bonchev–Trinajstić information content (AvgIpc) is 1.94. The lowest BCUT2D eigenvalue weighted by Gasteiger charge is -2.12. The third-order valence-corrected chi connectivity index (χ3v) is 1.53. The van der Waals surface area contributed by atoms with Gasteiger partial charge in [0, 0.05) is 0 Å². The van der Waals surface area contributed by atoms with Gasteiger partial charge >= 0.3 is 0 Å². The maximum atomic E-state index is 12.2. The van der Waals surface area contributed by atoms with Crippen molar-refractivity contribution in [2.24, 2.45) is 0 Å². The molecule has 1 aliphatic carbocycles. The molecule has 0 aromatic rings. The monoisotopic (exact) mass is 132 g/mol. The molecule has 1 heteroatoms. The molecule has 0 saturated heterocycles. The van der Waals surface area contributed by atoms with Gasteiger partial charge < -0.3 is 0 Å². The van der Waals surface area contributed by atoms with Gasteiger partial charge in [-0.05, 0) is 12.8 Å². The fourth-order valence-corrected chi connectivity index (χ4v) is 1.05. The van der Waals surface area contributed by atoms with Crippen LogP contribution in [0.5, 0.6) is 0 Å². The highest BCUT2D eigenvalue weighted by molar-refractivity contribution is 4.62. The van der Waals surface area contributed by atoms with Gasteiger partial charge in [0.05, 0.1) is 0 Å². The number of hydrogen-bond donors (Lipinski definition) is 0. The van der Waals surface area contributed by atoms with Gasteiger partial charge in [-0.25, -0.2) is 4.39 Å². The Morgan fingerprint density at radius 1 is 1.00 bits per heavy atom. The van der Waals surface area contributed by atoms with Crippen LogP contribution in [-0.4, -0.2) is 6.17 Å². The molecule has 9 heavy (non-hydrogen) atoms. The second-order valence-corrected chi connectivity index (χ2v) is 2.24. The molecule has 0 spiro atoms. The highest BCUT2D eigenvalue weighted by Crippen LogP contribution is 2.19. The van der Waals surface area contributed by atoms with E-state index in [2.05, 4.69) is 0 Å². The first-order valence-corrected chi connectivity index (χ1v) is 4.03. The maximum Gasteiger partial charge on any atom is 0.100 e. The standard InChI is InChI=1S/C6H11F.C2H6/c7-6-4-2-1-3-5-6;1-2/h6H,1-5H2;1-2H3. The Balaban J connectivity index is 0.000000291. The number of rotatable bonds is 0. The predicted molar refractivity (Wildman–Crippen MR) is 39.3 cm³/mol. The molecule has 0 nitrogen and oxygen atoms in total. The Morgan fingerprint density at radius 3 is 1.67 bits per heavy atom. The van der Waals surface area contributed by atoms with Crippen LogP contribution in [0.15, 0.2) is 0 Å². The summed E-state index contributed by atoms with van der Waals surface area (Å²) in [5, 5.41) is 0. The highest BCUT2D eigenvalue weighted by atomic mass is 19.1. The maximum absolute atomic E-state index is 12.2. The normalized spacial score (nSPS) is 20.3. The van der Waals surface area contributed by atoms with Crippen molar-refractivity contribution in [1.82, 2.24) is 0 Å². The number of hydrogen-bond acceptors (Lipinski definition) is 0. The first-order chi connectivity index (χ1) is 4.39. The molecule has 0 heterocycles. The van der Waals surface area contributed by atoms with Gasteiger partial charge in [-0.15, -0.1) is 0 Å². The van der Waals surface area contributed by atoms with Gasteiger partial charge in [-0.2, -0.15) is 0 Å². The molecular weight excluding hydrogens is 115 g/mol. The molecular formula is C8H17F. The van der Waals surface area contributed by atoms with Crippen LogP contribution in [0.1, 0.15) is 46.0 Å². The summed E-state index contributed by atoms with van der Waals surface area (Å²) < 4.78 is 12.2. The molecule has 0 radical (unpaired) electrons. The van der Waals surface area contributed by atoms with Gasteiger partial charge in [0.15, 0.2) is 0 Å². The summed E-state index contributed by atoms with van der Waals surface area (Å²) in [4.78, 5) is 0. The first kappa shape index (κ1) is 8.93. The second kappa shape index (κ2) is 6.06. The minimum atomic E-state index is -0.464. The van der Waals surface area contributed by atoms with Crippen LogP contribution in [-0.2, 0) is 0 Å². The van der Waals surface area contributed by atoms with Crippen LogP contribution in [0, 0.1) is 0 Å². The van der Waals surface area contributed by atoms with Crippen molar-refractivity contribution >= 4 is 0 Å². The van der Waals surface area contributed by atoms with Crippen molar-refractivity contribution in [3.8, 4) is 0 Å². The van der Waals surface area contributed by atoms with Crippen molar-refractivity contribution in [3.05, 3.63) is 0 Å². The van der Waals surface area contributed by atoms with Gasteiger partial charge in [0.25, 0.3) is 0 Å². The highest BCUT2D eigenvalue weighted by Gasteiger charge is 2.09. The van der Waals surface area contributed by atoms with Gasteiger partial charge in [0.1, 0.15) is 6.17 Å². The molecule has 1 aliphatic rings. The molecule has 1 saturated carbocycles. The van der Waals surface area contributed by atoms with Crippen LogP contribution < -0.4 is 0 Å². The summed E-state index contributed by atoms with van der Waals surface area (Å²) in [5.41, 5.74) is 0. The molecule has 0 aliphatic heterocycles. The van der Waals surface area contributed by atoms with E-state index in [0.29, 0.717) is 0 Å². The van der Waals surface area contributed by atoms with Gasteiger partial charge in [0.2, 0.25) is 0 Å². The number of halogens is 1. The lowest BCUT2D eigenvalue weighted by atomic mass is 9.99. The fraction of sp³-hybridized carbons (Fsp3) is 1.00. The molecule has 0 aromatic heterocycles. The van der Waals surface area contributed by atoms with E-state index in [9.17, 15) is 4.39 Å². The third-order valence-electron chi connectivity index (χ3n) is 1.53. The predicted octanol–water partition coefficient (Wildman–Crippen LogP) is 3.31. The van der Waals surface area contributed by atoms with E-state index < -0.39 is 6.17 Å². The Labute approximate surface area is 57.5 Å². The summed E-state index contributed by atoms with van der Waals surface area (Å²) in [6, 6.07) is 0. The van der Waals surface area contributed by atoms with Crippen molar-refractivity contribution < 1.29 is 4.39 Å². The Morgan fingerprint density at radius 2 is 1.44 bits per heavy atom. The van der Waals surface area contributed by atoms with Crippen LogP contribution in [0.25, 0.3) is 0 Å². The lowest BCUT2D eigenvalue weighted by molar-refractivity contribution is 0.251. The van der Waals surface area contributed by atoms with Crippen molar-refractivity contribution in [2.75, 3.05) is 0 Å². The summed E-state index contributed by atoms with van der Waals surface area (Å²) in [5.74, 6) is 0. The van der Waals surface area contributed by atoms with E-state index in [4.69, 9.17) is 0 Å². The largest absolute Gasteiger partial charge is 0.247 e. The lowest BCUT2D eigenvalue weighted by Crippen LogP contribution is -2.04. The van der Waals surface area contributed by atoms with E-state index in [0.717, 1.165) is 25.7 Å². The van der Waals surface area contributed by atoms with Crippen LogP contribution in [0.3, 0.4) is 0 Å². The van der Waals surface area contributed by atoms with Gasteiger partial charge in [-0.3, -0.25) is 0 Å². The Hall–Kier alpha value is -0.0700. The molecule has 1 fully saturated rings. The Bertz CT molecular complexity index is 46.5. The van der Waals surface area contributed by atoms with Crippen LogP contribution >= 0.6 is 0 Å². The summed E-state index contributed by atoms with van der Waals surface area (Å²) in [6.45, 7) is 4.00. The van der Waals surface area contributed by atoms with E-state index in [1.54, 1.807) is 0 Å². The molecule has 56 valence electrons.